The predicted molar refractivity (Wildman–Crippen MR) is 81.3 cm³/mol. The van der Waals surface area contributed by atoms with Crippen molar-refractivity contribution in [2.45, 2.75) is 44.7 Å². The fourth-order valence-electron chi connectivity index (χ4n) is 2.32. The van der Waals surface area contributed by atoms with Crippen molar-refractivity contribution in [3.63, 3.8) is 0 Å². The van der Waals surface area contributed by atoms with Crippen molar-refractivity contribution in [2.24, 2.45) is 5.92 Å². The van der Waals surface area contributed by atoms with Gasteiger partial charge in [0, 0.05) is 23.3 Å². The standard InChI is InChI=1S/C16H21N3O2/c1-10(11-5-6-11)17-16(21)19-14-4-2-3-12(9-14)15(20)18-13-7-8-13/h2-4,9-11,13H,5-8H2,1H3,(H,18,20)(H2,17,19,21). The van der Waals surface area contributed by atoms with Gasteiger partial charge in [-0.2, -0.15) is 0 Å². The molecule has 3 rings (SSSR count). The molecule has 2 fully saturated rings. The van der Waals surface area contributed by atoms with E-state index < -0.39 is 0 Å². The number of rotatable bonds is 5. The first-order valence-electron chi connectivity index (χ1n) is 7.60. The molecule has 3 amide bonds. The van der Waals surface area contributed by atoms with Gasteiger partial charge in [0.05, 0.1) is 0 Å². The lowest BCUT2D eigenvalue weighted by molar-refractivity contribution is 0.0951. The molecule has 0 aliphatic heterocycles. The highest BCUT2D eigenvalue weighted by Gasteiger charge is 2.29. The third-order valence-electron chi connectivity index (χ3n) is 3.98. The molecule has 1 aromatic rings. The van der Waals surface area contributed by atoms with Gasteiger partial charge in [-0.25, -0.2) is 4.79 Å². The summed E-state index contributed by atoms with van der Waals surface area (Å²) in [5.74, 6) is 0.541. The number of urea groups is 1. The van der Waals surface area contributed by atoms with Gasteiger partial charge in [0.15, 0.2) is 0 Å². The van der Waals surface area contributed by atoms with Crippen molar-refractivity contribution in [1.29, 1.82) is 0 Å². The molecule has 5 heteroatoms. The number of hydrogen-bond acceptors (Lipinski definition) is 2. The molecule has 5 nitrogen and oxygen atoms in total. The number of nitrogens with one attached hydrogen (secondary N) is 3. The smallest absolute Gasteiger partial charge is 0.319 e. The summed E-state index contributed by atoms with van der Waals surface area (Å²) >= 11 is 0. The maximum atomic E-state index is 12.0. The monoisotopic (exact) mass is 287 g/mol. The largest absolute Gasteiger partial charge is 0.349 e. The second-order valence-electron chi connectivity index (χ2n) is 6.05. The van der Waals surface area contributed by atoms with E-state index in [4.69, 9.17) is 0 Å². The molecule has 112 valence electrons. The number of anilines is 1. The van der Waals surface area contributed by atoms with Gasteiger partial charge in [0.2, 0.25) is 0 Å². The maximum absolute atomic E-state index is 12.0. The Morgan fingerprint density at radius 2 is 1.95 bits per heavy atom. The highest BCUT2D eigenvalue weighted by molar-refractivity contribution is 5.97. The molecule has 1 atom stereocenters. The summed E-state index contributed by atoms with van der Waals surface area (Å²) in [7, 11) is 0. The van der Waals surface area contributed by atoms with Crippen molar-refractivity contribution in [3.05, 3.63) is 29.8 Å². The predicted octanol–water partition coefficient (Wildman–Crippen LogP) is 2.50. The van der Waals surface area contributed by atoms with Gasteiger partial charge in [-0.05, 0) is 56.7 Å². The quantitative estimate of drug-likeness (QED) is 0.778. The van der Waals surface area contributed by atoms with E-state index in [1.165, 1.54) is 12.8 Å². The van der Waals surface area contributed by atoms with Crippen LogP contribution in [0.25, 0.3) is 0 Å². The van der Waals surface area contributed by atoms with Crippen molar-refractivity contribution in [3.8, 4) is 0 Å². The summed E-state index contributed by atoms with van der Waals surface area (Å²) in [5, 5.41) is 8.66. The molecule has 3 N–H and O–H groups in total. The van der Waals surface area contributed by atoms with Crippen LogP contribution in [0, 0.1) is 5.92 Å². The Balaban J connectivity index is 1.56. The zero-order valence-electron chi connectivity index (χ0n) is 12.2. The van der Waals surface area contributed by atoms with E-state index in [2.05, 4.69) is 16.0 Å². The second kappa shape index (κ2) is 5.76. The van der Waals surface area contributed by atoms with Crippen LogP contribution in [-0.2, 0) is 0 Å². The molecule has 0 spiro atoms. The van der Waals surface area contributed by atoms with E-state index in [-0.39, 0.29) is 18.0 Å². The average molecular weight is 287 g/mol. The van der Waals surface area contributed by atoms with Crippen LogP contribution in [0.15, 0.2) is 24.3 Å². The zero-order chi connectivity index (χ0) is 14.8. The first-order chi connectivity index (χ1) is 10.1. The van der Waals surface area contributed by atoms with Crippen LogP contribution in [0.3, 0.4) is 0 Å². The van der Waals surface area contributed by atoms with Crippen LogP contribution in [0.2, 0.25) is 0 Å². The highest BCUT2D eigenvalue weighted by Crippen LogP contribution is 2.32. The van der Waals surface area contributed by atoms with Crippen LogP contribution in [0.1, 0.15) is 43.0 Å². The Morgan fingerprint density at radius 1 is 1.19 bits per heavy atom. The number of hydrogen-bond donors (Lipinski definition) is 3. The molecule has 0 radical (unpaired) electrons. The van der Waals surface area contributed by atoms with Crippen molar-refractivity contribution in [2.75, 3.05) is 5.32 Å². The minimum atomic E-state index is -0.214. The van der Waals surface area contributed by atoms with Crippen LogP contribution >= 0.6 is 0 Å². The Morgan fingerprint density at radius 3 is 2.62 bits per heavy atom. The Labute approximate surface area is 124 Å². The number of benzene rings is 1. The molecule has 2 aliphatic carbocycles. The molecule has 0 aromatic heterocycles. The van der Waals surface area contributed by atoms with E-state index in [1.807, 2.05) is 6.92 Å². The molecule has 0 bridgehead atoms. The molecule has 0 saturated heterocycles. The number of carbonyl (C=O) groups is 2. The molecular formula is C16H21N3O2. The van der Waals surface area contributed by atoms with Crippen LogP contribution < -0.4 is 16.0 Å². The minimum Gasteiger partial charge on any atom is -0.349 e. The lowest BCUT2D eigenvalue weighted by atomic mass is 10.2. The van der Waals surface area contributed by atoms with Gasteiger partial charge >= 0.3 is 6.03 Å². The van der Waals surface area contributed by atoms with Gasteiger partial charge in [0.25, 0.3) is 5.91 Å². The zero-order valence-corrected chi connectivity index (χ0v) is 12.2. The molecule has 21 heavy (non-hydrogen) atoms. The van der Waals surface area contributed by atoms with Gasteiger partial charge < -0.3 is 16.0 Å². The molecular weight excluding hydrogens is 266 g/mol. The van der Waals surface area contributed by atoms with Crippen LogP contribution in [0.4, 0.5) is 10.5 Å². The van der Waals surface area contributed by atoms with E-state index in [1.54, 1.807) is 24.3 Å². The normalized spacial score (nSPS) is 18.7. The molecule has 0 heterocycles. The fraction of sp³-hybridized carbons (Fsp3) is 0.500. The molecule has 2 aliphatic rings. The number of amides is 3. The lowest BCUT2D eigenvalue weighted by Crippen LogP contribution is -2.37. The van der Waals surface area contributed by atoms with Crippen LogP contribution in [0.5, 0.6) is 0 Å². The maximum Gasteiger partial charge on any atom is 0.319 e. The number of carbonyl (C=O) groups excluding carboxylic acids is 2. The minimum absolute atomic E-state index is 0.0760. The first-order valence-corrected chi connectivity index (χ1v) is 7.60. The van der Waals surface area contributed by atoms with E-state index in [0.29, 0.717) is 23.2 Å². The summed E-state index contributed by atoms with van der Waals surface area (Å²) in [6.45, 7) is 2.02. The summed E-state index contributed by atoms with van der Waals surface area (Å²) in [5.41, 5.74) is 1.22. The van der Waals surface area contributed by atoms with Crippen molar-refractivity contribution in [1.82, 2.24) is 10.6 Å². The summed E-state index contributed by atoms with van der Waals surface area (Å²) < 4.78 is 0. The summed E-state index contributed by atoms with van der Waals surface area (Å²) in [4.78, 5) is 23.9. The van der Waals surface area contributed by atoms with E-state index >= 15 is 0 Å². The van der Waals surface area contributed by atoms with Gasteiger partial charge in [0.1, 0.15) is 0 Å². The Kier molecular flexibility index (Phi) is 3.82. The Hall–Kier alpha value is -2.04. The van der Waals surface area contributed by atoms with Crippen molar-refractivity contribution >= 4 is 17.6 Å². The second-order valence-corrected chi connectivity index (χ2v) is 6.05. The molecule has 1 aromatic carbocycles. The molecule has 2 saturated carbocycles. The first kappa shape index (κ1) is 13.9. The SMILES string of the molecule is CC(NC(=O)Nc1cccc(C(=O)NC2CC2)c1)C1CC1. The van der Waals surface area contributed by atoms with Crippen LogP contribution in [-0.4, -0.2) is 24.0 Å². The Bertz CT molecular complexity index is 550. The van der Waals surface area contributed by atoms with Gasteiger partial charge in [-0.3, -0.25) is 4.79 Å². The lowest BCUT2D eigenvalue weighted by Gasteiger charge is -2.14. The van der Waals surface area contributed by atoms with Gasteiger partial charge in [-0.15, -0.1) is 0 Å². The van der Waals surface area contributed by atoms with E-state index in [9.17, 15) is 9.59 Å². The summed E-state index contributed by atoms with van der Waals surface area (Å²) in [6, 6.07) is 7.35. The highest BCUT2D eigenvalue weighted by atomic mass is 16.2. The summed E-state index contributed by atoms with van der Waals surface area (Å²) in [6.07, 6.45) is 4.51. The van der Waals surface area contributed by atoms with Crippen molar-refractivity contribution < 1.29 is 9.59 Å². The van der Waals surface area contributed by atoms with Gasteiger partial charge in [-0.1, -0.05) is 6.07 Å². The topological polar surface area (TPSA) is 70.2 Å². The third-order valence-corrected chi connectivity index (χ3v) is 3.98. The fourth-order valence-corrected chi connectivity index (χ4v) is 2.32. The molecule has 1 unspecified atom stereocenters. The third kappa shape index (κ3) is 3.97. The average Bonchev–Trinajstić information content (AvgIpc) is 3.32. The van der Waals surface area contributed by atoms with E-state index in [0.717, 1.165) is 12.8 Å².